The van der Waals surface area contributed by atoms with Gasteiger partial charge in [-0.2, -0.15) is 0 Å². The Kier molecular flexibility index (Phi) is 5.41. The summed E-state index contributed by atoms with van der Waals surface area (Å²) in [4.78, 5) is 0. The smallest absolute Gasteiger partial charge is 0.423 e. The Morgan fingerprint density at radius 3 is 2.69 bits per heavy atom. The van der Waals surface area contributed by atoms with Crippen LogP contribution in [0.25, 0.3) is 0 Å². The molecule has 0 aliphatic rings. The Balaban J connectivity index is 2.60. The predicted molar refractivity (Wildman–Crippen MR) is 57.8 cm³/mol. The summed E-state index contributed by atoms with van der Waals surface area (Å²) in [6, 6.07) is 3.87. The highest BCUT2D eigenvalue weighted by Crippen LogP contribution is 2.06. The van der Waals surface area contributed by atoms with Crippen LogP contribution in [0, 0.1) is 5.82 Å². The summed E-state index contributed by atoms with van der Waals surface area (Å²) >= 11 is 0. The molecule has 0 radical (unpaired) electrons. The van der Waals surface area contributed by atoms with Crippen molar-refractivity contribution >= 4 is 12.6 Å². The summed E-state index contributed by atoms with van der Waals surface area (Å²) < 4.78 is 23.2. The Bertz CT molecular complexity index is 333. The number of halogens is 1. The Morgan fingerprint density at radius 1 is 1.31 bits per heavy atom. The minimum atomic E-state index is -1.60. The lowest BCUT2D eigenvalue weighted by atomic mass is 9.79. The second kappa shape index (κ2) is 6.60. The molecule has 0 fully saturated rings. The molecule has 1 rings (SSSR count). The molecule has 0 saturated carbocycles. The van der Waals surface area contributed by atoms with Crippen LogP contribution in [-0.4, -0.2) is 37.5 Å². The average molecular weight is 228 g/mol. The van der Waals surface area contributed by atoms with Gasteiger partial charge in [-0.25, -0.2) is 4.39 Å². The number of hydrogen-bond donors (Lipinski definition) is 2. The monoisotopic (exact) mass is 228 g/mol. The van der Waals surface area contributed by atoms with Crippen molar-refractivity contribution in [3.8, 4) is 0 Å². The molecule has 0 saturated heterocycles. The molecule has 88 valence electrons. The molecule has 0 aliphatic heterocycles. The summed E-state index contributed by atoms with van der Waals surface area (Å²) in [7, 11) is -0.0505. The largest absolute Gasteiger partial charge is 0.488 e. The third-order valence-electron chi connectivity index (χ3n) is 2.06. The lowest BCUT2D eigenvalue weighted by Gasteiger charge is -2.07. The zero-order valence-electron chi connectivity index (χ0n) is 9.02. The van der Waals surface area contributed by atoms with E-state index >= 15 is 0 Å². The number of rotatable bonds is 6. The third-order valence-corrected chi connectivity index (χ3v) is 2.06. The van der Waals surface area contributed by atoms with Gasteiger partial charge in [-0.3, -0.25) is 0 Å². The van der Waals surface area contributed by atoms with Crippen molar-refractivity contribution in [3.63, 3.8) is 0 Å². The van der Waals surface area contributed by atoms with E-state index in [1.54, 1.807) is 7.11 Å². The molecule has 2 N–H and O–H groups in total. The van der Waals surface area contributed by atoms with Crippen LogP contribution in [-0.2, 0) is 16.1 Å². The van der Waals surface area contributed by atoms with Gasteiger partial charge >= 0.3 is 7.12 Å². The zero-order valence-corrected chi connectivity index (χ0v) is 9.02. The summed E-state index contributed by atoms with van der Waals surface area (Å²) in [5.41, 5.74) is 0.536. The van der Waals surface area contributed by atoms with Gasteiger partial charge in [-0.05, 0) is 11.5 Å². The minimum Gasteiger partial charge on any atom is -0.423 e. The van der Waals surface area contributed by atoms with E-state index in [0.717, 1.165) is 0 Å². The molecule has 1 aromatic rings. The van der Waals surface area contributed by atoms with Crippen molar-refractivity contribution in [2.75, 3.05) is 20.3 Å². The quantitative estimate of drug-likeness (QED) is 0.517. The maximum atomic E-state index is 13.3. The SMILES string of the molecule is COCCOCc1cc(B(O)O)ccc1F. The molecule has 0 unspecified atom stereocenters. The average Bonchev–Trinajstić information content (AvgIpc) is 2.26. The Labute approximate surface area is 93.8 Å². The van der Waals surface area contributed by atoms with Crippen LogP contribution >= 0.6 is 0 Å². The fraction of sp³-hybridized carbons (Fsp3) is 0.400. The van der Waals surface area contributed by atoms with Crippen molar-refractivity contribution in [2.24, 2.45) is 0 Å². The normalized spacial score (nSPS) is 10.5. The second-order valence-electron chi connectivity index (χ2n) is 3.27. The lowest BCUT2D eigenvalue weighted by Crippen LogP contribution is -2.30. The third kappa shape index (κ3) is 3.90. The first-order valence-corrected chi connectivity index (χ1v) is 4.86. The molecule has 0 aromatic heterocycles. The molecular formula is C10H14BFO4. The molecule has 4 nitrogen and oxygen atoms in total. The molecule has 0 spiro atoms. The van der Waals surface area contributed by atoms with Gasteiger partial charge in [0.05, 0.1) is 19.8 Å². The van der Waals surface area contributed by atoms with Gasteiger partial charge in [-0.15, -0.1) is 0 Å². The first-order chi connectivity index (χ1) is 7.65. The van der Waals surface area contributed by atoms with Crippen molar-refractivity contribution in [3.05, 3.63) is 29.6 Å². The van der Waals surface area contributed by atoms with E-state index in [-0.39, 0.29) is 12.1 Å². The van der Waals surface area contributed by atoms with Crippen LogP contribution in [0.4, 0.5) is 4.39 Å². The van der Waals surface area contributed by atoms with Crippen molar-refractivity contribution in [1.82, 2.24) is 0 Å². The van der Waals surface area contributed by atoms with Crippen LogP contribution in [0.1, 0.15) is 5.56 Å². The van der Waals surface area contributed by atoms with Crippen LogP contribution in [0.15, 0.2) is 18.2 Å². The Hall–Kier alpha value is -0.945. The van der Waals surface area contributed by atoms with E-state index in [9.17, 15) is 4.39 Å². The molecular weight excluding hydrogens is 214 g/mol. The number of benzene rings is 1. The summed E-state index contributed by atoms with van der Waals surface area (Å²) in [6.45, 7) is 0.877. The predicted octanol–water partition coefficient (Wildman–Crippen LogP) is -0.332. The molecule has 6 heteroatoms. The standard InChI is InChI=1S/C10H14BFO4/c1-15-4-5-16-7-8-6-9(11(13)14)2-3-10(8)12/h2-3,6,13-14H,4-5,7H2,1H3. The maximum Gasteiger partial charge on any atom is 0.488 e. The molecule has 0 aliphatic carbocycles. The van der Waals surface area contributed by atoms with E-state index < -0.39 is 12.9 Å². The van der Waals surface area contributed by atoms with E-state index in [2.05, 4.69) is 0 Å². The van der Waals surface area contributed by atoms with Crippen LogP contribution in [0.2, 0.25) is 0 Å². The van der Waals surface area contributed by atoms with Gasteiger partial charge in [0.1, 0.15) is 5.82 Å². The van der Waals surface area contributed by atoms with Crippen LogP contribution in [0.5, 0.6) is 0 Å². The van der Waals surface area contributed by atoms with E-state index in [4.69, 9.17) is 19.5 Å². The Morgan fingerprint density at radius 2 is 2.06 bits per heavy atom. The molecule has 1 aromatic carbocycles. The topological polar surface area (TPSA) is 58.9 Å². The van der Waals surface area contributed by atoms with Gasteiger partial charge in [0.25, 0.3) is 0 Å². The molecule has 0 atom stereocenters. The molecule has 16 heavy (non-hydrogen) atoms. The highest BCUT2D eigenvalue weighted by Gasteiger charge is 2.13. The maximum absolute atomic E-state index is 13.3. The number of ether oxygens (including phenoxy) is 2. The zero-order chi connectivity index (χ0) is 12.0. The summed E-state index contributed by atoms with van der Waals surface area (Å²) in [5.74, 6) is -0.429. The lowest BCUT2D eigenvalue weighted by molar-refractivity contribution is 0.0604. The molecule has 0 bridgehead atoms. The van der Waals surface area contributed by atoms with Crippen LogP contribution < -0.4 is 5.46 Å². The van der Waals surface area contributed by atoms with Crippen molar-refractivity contribution < 1.29 is 23.9 Å². The van der Waals surface area contributed by atoms with Gasteiger partial charge in [-0.1, -0.05) is 12.1 Å². The fourth-order valence-electron chi connectivity index (χ4n) is 1.19. The van der Waals surface area contributed by atoms with Gasteiger partial charge in [0.2, 0.25) is 0 Å². The van der Waals surface area contributed by atoms with Gasteiger partial charge in [0, 0.05) is 12.7 Å². The van der Waals surface area contributed by atoms with Gasteiger partial charge in [0.15, 0.2) is 0 Å². The molecule has 0 heterocycles. The minimum absolute atomic E-state index is 0.0791. The second-order valence-corrected chi connectivity index (χ2v) is 3.27. The van der Waals surface area contributed by atoms with Crippen LogP contribution in [0.3, 0.4) is 0 Å². The first-order valence-electron chi connectivity index (χ1n) is 4.86. The van der Waals surface area contributed by atoms with Crippen molar-refractivity contribution in [2.45, 2.75) is 6.61 Å². The van der Waals surface area contributed by atoms with E-state index in [1.165, 1.54) is 18.2 Å². The van der Waals surface area contributed by atoms with Gasteiger partial charge < -0.3 is 19.5 Å². The molecule has 0 amide bonds. The first kappa shape index (κ1) is 13.1. The summed E-state index contributed by atoms with van der Waals surface area (Å²) in [5, 5.41) is 17.8. The summed E-state index contributed by atoms with van der Waals surface area (Å²) in [6.07, 6.45) is 0. The van der Waals surface area contributed by atoms with E-state index in [1.807, 2.05) is 0 Å². The highest BCUT2D eigenvalue weighted by molar-refractivity contribution is 6.58. The number of methoxy groups -OCH3 is 1. The fourth-order valence-corrected chi connectivity index (χ4v) is 1.19. The van der Waals surface area contributed by atoms with Crippen molar-refractivity contribution in [1.29, 1.82) is 0 Å². The van der Waals surface area contributed by atoms with E-state index in [0.29, 0.717) is 18.8 Å². The number of hydrogen-bond acceptors (Lipinski definition) is 4. The highest BCUT2D eigenvalue weighted by atomic mass is 19.1.